The van der Waals surface area contributed by atoms with E-state index >= 15 is 0 Å². The number of furan rings is 1. The second-order valence-electron chi connectivity index (χ2n) is 6.78. The minimum Gasteiger partial charge on any atom is -0.481 e. The molecule has 26 heavy (non-hydrogen) atoms. The summed E-state index contributed by atoms with van der Waals surface area (Å²) in [5.41, 5.74) is -0.519. The SMILES string of the molecule is Cc1oc(-c2ccn[nH]2)cc1S(=O)(=O)N1C[C@@H]2COCC[C@]2(C(=O)O)C1. The van der Waals surface area contributed by atoms with Gasteiger partial charge >= 0.3 is 5.97 Å². The first-order valence-corrected chi connectivity index (χ1v) is 9.70. The summed E-state index contributed by atoms with van der Waals surface area (Å²) in [5.74, 6) is -0.704. The zero-order valence-corrected chi connectivity index (χ0v) is 15.0. The van der Waals surface area contributed by atoms with Gasteiger partial charge in [-0.25, -0.2) is 8.42 Å². The van der Waals surface area contributed by atoms with E-state index in [1.807, 2.05) is 0 Å². The number of aryl methyl sites for hydroxylation is 1. The van der Waals surface area contributed by atoms with Gasteiger partial charge in [-0.3, -0.25) is 9.89 Å². The number of carbonyl (C=O) groups is 1. The van der Waals surface area contributed by atoms with E-state index in [1.54, 1.807) is 19.2 Å². The van der Waals surface area contributed by atoms with E-state index in [2.05, 4.69) is 10.2 Å². The molecule has 2 saturated heterocycles. The first-order valence-electron chi connectivity index (χ1n) is 8.26. The predicted molar refractivity (Wildman–Crippen MR) is 88.8 cm³/mol. The van der Waals surface area contributed by atoms with Crippen molar-refractivity contribution in [2.75, 3.05) is 26.3 Å². The molecule has 2 aliphatic rings. The third-order valence-electron chi connectivity index (χ3n) is 5.36. The average Bonchev–Trinajstić information content (AvgIpc) is 3.32. The molecule has 10 heteroatoms. The average molecular weight is 381 g/mol. The van der Waals surface area contributed by atoms with Crippen molar-refractivity contribution in [2.45, 2.75) is 18.2 Å². The number of nitrogens with zero attached hydrogens (tertiary/aromatic N) is 2. The van der Waals surface area contributed by atoms with Crippen molar-refractivity contribution in [1.29, 1.82) is 0 Å². The molecule has 140 valence electrons. The van der Waals surface area contributed by atoms with E-state index in [-0.39, 0.29) is 36.3 Å². The molecule has 2 fully saturated rings. The van der Waals surface area contributed by atoms with E-state index in [9.17, 15) is 18.3 Å². The van der Waals surface area contributed by atoms with Gasteiger partial charge in [-0.1, -0.05) is 0 Å². The fraction of sp³-hybridized carbons (Fsp3) is 0.500. The lowest BCUT2D eigenvalue weighted by Gasteiger charge is -2.34. The van der Waals surface area contributed by atoms with Crippen molar-refractivity contribution in [2.24, 2.45) is 11.3 Å². The molecule has 0 saturated carbocycles. The number of aliphatic carboxylic acids is 1. The van der Waals surface area contributed by atoms with Crippen LogP contribution in [0.3, 0.4) is 0 Å². The lowest BCUT2D eigenvalue weighted by molar-refractivity contribution is -0.157. The molecule has 2 aromatic heterocycles. The Hall–Kier alpha value is -2.17. The zero-order chi connectivity index (χ0) is 18.5. The lowest BCUT2D eigenvalue weighted by atomic mass is 9.74. The Morgan fingerprint density at radius 2 is 2.31 bits per heavy atom. The van der Waals surface area contributed by atoms with E-state index in [0.29, 0.717) is 24.5 Å². The molecule has 0 spiro atoms. The summed E-state index contributed by atoms with van der Waals surface area (Å²) >= 11 is 0. The van der Waals surface area contributed by atoms with Crippen molar-refractivity contribution in [1.82, 2.24) is 14.5 Å². The Bertz CT molecular complexity index is 935. The molecule has 2 aliphatic heterocycles. The highest BCUT2D eigenvalue weighted by Gasteiger charge is 2.56. The number of H-pyrrole nitrogens is 1. The first kappa shape index (κ1) is 17.3. The van der Waals surface area contributed by atoms with Crippen LogP contribution in [0.25, 0.3) is 11.5 Å². The molecule has 9 nitrogen and oxygen atoms in total. The summed E-state index contributed by atoms with van der Waals surface area (Å²) in [6, 6.07) is 3.12. The van der Waals surface area contributed by atoms with Crippen LogP contribution in [0.5, 0.6) is 0 Å². The van der Waals surface area contributed by atoms with E-state index in [4.69, 9.17) is 9.15 Å². The Morgan fingerprint density at radius 1 is 1.50 bits per heavy atom. The normalized spacial score (nSPS) is 26.7. The maximum atomic E-state index is 13.2. The summed E-state index contributed by atoms with van der Waals surface area (Å²) in [4.78, 5) is 11.9. The minimum absolute atomic E-state index is 0.0437. The molecule has 0 unspecified atom stereocenters. The Kier molecular flexibility index (Phi) is 3.94. The van der Waals surface area contributed by atoms with Gasteiger partial charge in [0.2, 0.25) is 10.0 Å². The van der Waals surface area contributed by atoms with Crippen LogP contribution in [-0.2, 0) is 19.6 Å². The molecule has 4 rings (SSSR count). The molecule has 0 radical (unpaired) electrons. The Morgan fingerprint density at radius 3 is 2.96 bits per heavy atom. The number of fused-ring (bicyclic) bond motifs is 1. The van der Waals surface area contributed by atoms with E-state index < -0.39 is 21.4 Å². The number of hydrogen-bond acceptors (Lipinski definition) is 6. The van der Waals surface area contributed by atoms with Crippen molar-refractivity contribution < 1.29 is 27.5 Å². The van der Waals surface area contributed by atoms with E-state index in [1.165, 1.54) is 10.4 Å². The number of nitrogens with one attached hydrogen (secondary N) is 1. The van der Waals surface area contributed by atoms with Crippen molar-refractivity contribution >= 4 is 16.0 Å². The third-order valence-corrected chi connectivity index (χ3v) is 7.28. The van der Waals surface area contributed by atoms with Crippen LogP contribution in [0.4, 0.5) is 0 Å². The highest BCUT2D eigenvalue weighted by atomic mass is 32.2. The third kappa shape index (κ3) is 2.48. The van der Waals surface area contributed by atoms with Gasteiger partial charge in [0, 0.05) is 37.9 Å². The van der Waals surface area contributed by atoms with Crippen LogP contribution in [-0.4, -0.2) is 60.3 Å². The molecule has 0 aromatic carbocycles. The Labute approximate surface area is 150 Å². The summed E-state index contributed by atoms with van der Waals surface area (Å²) in [6.45, 7) is 2.22. The number of aromatic amines is 1. The molecule has 2 aromatic rings. The molecular formula is C16H19N3O6S. The van der Waals surface area contributed by atoms with Crippen LogP contribution < -0.4 is 0 Å². The molecule has 0 bridgehead atoms. The second-order valence-corrected chi connectivity index (χ2v) is 8.69. The number of rotatable bonds is 4. The number of sulfonamides is 1. The van der Waals surface area contributed by atoms with Crippen molar-refractivity contribution in [3.63, 3.8) is 0 Å². The molecule has 2 N–H and O–H groups in total. The largest absolute Gasteiger partial charge is 0.481 e. The number of carboxylic acids is 1. The van der Waals surface area contributed by atoms with Gasteiger partial charge in [-0.2, -0.15) is 9.40 Å². The highest BCUT2D eigenvalue weighted by molar-refractivity contribution is 7.89. The number of carboxylic acid groups (broad SMARTS) is 1. The second kappa shape index (κ2) is 5.93. The quantitative estimate of drug-likeness (QED) is 0.812. The number of aromatic nitrogens is 2. The standard InChI is InChI=1S/C16H19N3O6S/c1-10-14(6-13(25-10)12-2-4-17-18-12)26(22,23)19-7-11-8-24-5-3-16(11,9-19)15(20)21/h2,4,6,11H,3,5,7-9H2,1H3,(H,17,18)(H,20,21)/t11-,16+/m1/s1. The molecular weight excluding hydrogens is 362 g/mol. The van der Waals surface area contributed by atoms with Gasteiger partial charge in [0.05, 0.1) is 12.0 Å². The minimum atomic E-state index is -3.88. The smallest absolute Gasteiger partial charge is 0.311 e. The van der Waals surface area contributed by atoms with Crippen LogP contribution in [0.1, 0.15) is 12.2 Å². The monoisotopic (exact) mass is 381 g/mol. The van der Waals surface area contributed by atoms with E-state index in [0.717, 1.165) is 0 Å². The van der Waals surface area contributed by atoms with Gasteiger partial charge in [0.15, 0.2) is 5.76 Å². The van der Waals surface area contributed by atoms with Gasteiger partial charge in [0.25, 0.3) is 0 Å². The summed E-state index contributed by atoms with van der Waals surface area (Å²) in [5, 5.41) is 16.3. The topological polar surface area (TPSA) is 126 Å². The maximum Gasteiger partial charge on any atom is 0.311 e. The Balaban J connectivity index is 1.69. The van der Waals surface area contributed by atoms with Crippen LogP contribution in [0.15, 0.2) is 27.6 Å². The summed E-state index contributed by atoms with van der Waals surface area (Å²) in [6.07, 6.45) is 1.85. The zero-order valence-electron chi connectivity index (χ0n) is 14.1. The predicted octanol–water partition coefficient (Wildman–Crippen LogP) is 1.09. The van der Waals surface area contributed by atoms with Crippen molar-refractivity contribution in [3.8, 4) is 11.5 Å². The van der Waals surface area contributed by atoms with Gasteiger partial charge in [-0.05, 0) is 19.4 Å². The van der Waals surface area contributed by atoms with Crippen LogP contribution in [0.2, 0.25) is 0 Å². The fourth-order valence-electron chi connectivity index (χ4n) is 3.82. The summed E-state index contributed by atoms with van der Waals surface area (Å²) < 4.78 is 38.5. The lowest BCUT2D eigenvalue weighted by Crippen LogP contribution is -2.45. The van der Waals surface area contributed by atoms with Crippen LogP contribution >= 0.6 is 0 Å². The van der Waals surface area contributed by atoms with Crippen molar-refractivity contribution in [3.05, 3.63) is 24.1 Å². The maximum absolute atomic E-state index is 13.2. The highest BCUT2D eigenvalue weighted by Crippen LogP contribution is 2.44. The molecule has 2 atom stereocenters. The number of ether oxygens (including phenoxy) is 1. The molecule has 0 amide bonds. The van der Waals surface area contributed by atoms with Gasteiger partial charge in [0.1, 0.15) is 16.3 Å². The fourth-order valence-corrected chi connectivity index (χ4v) is 5.54. The molecule has 0 aliphatic carbocycles. The van der Waals surface area contributed by atoms with Gasteiger partial charge in [-0.15, -0.1) is 0 Å². The summed E-state index contributed by atoms with van der Waals surface area (Å²) in [7, 11) is -3.88. The molecule has 4 heterocycles. The van der Waals surface area contributed by atoms with Crippen LogP contribution in [0, 0.1) is 18.3 Å². The number of hydrogen-bond donors (Lipinski definition) is 2. The first-order chi connectivity index (χ1) is 12.3. The van der Waals surface area contributed by atoms with Gasteiger partial charge < -0.3 is 14.3 Å².